The van der Waals surface area contributed by atoms with Gasteiger partial charge in [-0.25, -0.2) is 0 Å². The van der Waals surface area contributed by atoms with E-state index in [0.717, 1.165) is 18.4 Å². The van der Waals surface area contributed by atoms with Crippen molar-refractivity contribution in [3.63, 3.8) is 0 Å². The number of amides is 1. The number of H-pyrrole nitrogens is 1. The van der Waals surface area contributed by atoms with E-state index in [-0.39, 0.29) is 11.1 Å². The molecule has 0 aliphatic heterocycles. The summed E-state index contributed by atoms with van der Waals surface area (Å²) in [5.41, 5.74) is 5.97. The maximum atomic E-state index is 12.1. The van der Waals surface area contributed by atoms with Crippen molar-refractivity contribution in [3.05, 3.63) is 34.1 Å². The number of hydrogen-bond donors (Lipinski definition) is 2. The molecular weight excluding hydrogens is 242 g/mol. The van der Waals surface area contributed by atoms with Gasteiger partial charge in [-0.15, -0.1) is 0 Å². The van der Waals surface area contributed by atoms with Crippen LogP contribution in [0.15, 0.2) is 16.9 Å². The number of rotatable bonds is 2. The number of carbonyl (C=O) groups excluding carboxylic acids is 1. The zero-order chi connectivity index (χ0) is 13.4. The molecule has 5 nitrogen and oxygen atoms in total. The monoisotopic (exact) mass is 258 g/mol. The van der Waals surface area contributed by atoms with E-state index in [1.807, 2.05) is 10.7 Å². The third-order valence-electron chi connectivity index (χ3n) is 3.87. The minimum atomic E-state index is -0.613. The van der Waals surface area contributed by atoms with E-state index in [4.69, 9.17) is 5.73 Å². The Hall–Kier alpha value is -2.04. The highest BCUT2D eigenvalue weighted by molar-refractivity contribution is 6.05. The summed E-state index contributed by atoms with van der Waals surface area (Å²) < 4.78 is 1.90. The van der Waals surface area contributed by atoms with Crippen molar-refractivity contribution in [2.75, 3.05) is 0 Å². The Morgan fingerprint density at radius 3 is 2.79 bits per heavy atom. The van der Waals surface area contributed by atoms with Crippen molar-refractivity contribution >= 4 is 16.8 Å². The van der Waals surface area contributed by atoms with Crippen LogP contribution in [0.4, 0.5) is 0 Å². The van der Waals surface area contributed by atoms with Crippen molar-refractivity contribution in [2.45, 2.75) is 38.1 Å². The molecule has 1 aliphatic rings. The summed E-state index contributed by atoms with van der Waals surface area (Å²) in [6.07, 6.45) is 5.72. The molecule has 0 atom stereocenters. The maximum absolute atomic E-state index is 12.1. The Labute approximate surface area is 110 Å². The predicted molar refractivity (Wildman–Crippen MR) is 72.0 cm³/mol. The zero-order valence-corrected chi connectivity index (χ0v) is 10.6. The summed E-state index contributed by atoms with van der Waals surface area (Å²) in [6.45, 7) is 0. The lowest BCUT2D eigenvalue weighted by molar-refractivity contribution is 0.100. The molecule has 0 unspecified atom stereocenters. The number of aromatic amines is 1. The Morgan fingerprint density at radius 2 is 2.11 bits per heavy atom. The first-order valence-electron chi connectivity index (χ1n) is 6.63. The van der Waals surface area contributed by atoms with E-state index >= 15 is 0 Å². The fourth-order valence-electron chi connectivity index (χ4n) is 2.97. The lowest BCUT2D eigenvalue weighted by Gasteiger charge is -2.23. The predicted octanol–water partition coefficient (Wildman–Crippen LogP) is 1.73. The quantitative estimate of drug-likeness (QED) is 0.860. The van der Waals surface area contributed by atoms with Gasteiger partial charge in [-0.1, -0.05) is 25.3 Å². The van der Waals surface area contributed by atoms with Crippen LogP contribution < -0.4 is 11.3 Å². The molecule has 99 valence electrons. The molecule has 1 radical (unpaired) electrons. The van der Waals surface area contributed by atoms with Gasteiger partial charge in [0.25, 0.3) is 5.56 Å². The summed E-state index contributed by atoms with van der Waals surface area (Å²) >= 11 is 0. The van der Waals surface area contributed by atoms with Gasteiger partial charge in [0, 0.05) is 0 Å². The first-order valence-corrected chi connectivity index (χ1v) is 6.63. The molecule has 0 bridgehead atoms. The van der Waals surface area contributed by atoms with Gasteiger partial charge in [-0.2, -0.15) is 0 Å². The second kappa shape index (κ2) is 4.57. The van der Waals surface area contributed by atoms with Gasteiger partial charge in [0.15, 0.2) is 0 Å². The minimum Gasteiger partial charge on any atom is -0.366 e. The molecule has 3 rings (SSSR count). The van der Waals surface area contributed by atoms with Crippen LogP contribution in [0.5, 0.6) is 0 Å². The molecule has 1 amide bonds. The third-order valence-corrected chi connectivity index (χ3v) is 3.87. The van der Waals surface area contributed by atoms with Crippen molar-refractivity contribution in [1.29, 1.82) is 0 Å². The molecule has 1 aliphatic carbocycles. The minimum absolute atomic E-state index is 0.174. The van der Waals surface area contributed by atoms with Crippen LogP contribution in [0.25, 0.3) is 10.9 Å². The molecule has 19 heavy (non-hydrogen) atoms. The molecular formula is C14H16N3O2. The van der Waals surface area contributed by atoms with E-state index < -0.39 is 5.91 Å². The highest BCUT2D eigenvalue weighted by Gasteiger charge is 2.21. The number of benzene rings is 1. The second-order valence-electron chi connectivity index (χ2n) is 5.08. The van der Waals surface area contributed by atoms with Crippen LogP contribution in [-0.2, 0) is 0 Å². The molecule has 1 saturated carbocycles. The van der Waals surface area contributed by atoms with Crippen molar-refractivity contribution in [3.8, 4) is 0 Å². The number of nitrogens with one attached hydrogen (secondary N) is 1. The van der Waals surface area contributed by atoms with Gasteiger partial charge in [0.2, 0.25) is 5.91 Å². The van der Waals surface area contributed by atoms with Gasteiger partial charge in [0.1, 0.15) is 0 Å². The molecule has 1 aromatic heterocycles. The number of aromatic nitrogens is 2. The van der Waals surface area contributed by atoms with Gasteiger partial charge >= 0.3 is 0 Å². The van der Waals surface area contributed by atoms with Crippen LogP contribution >= 0.6 is 0 Å². The van der Waals surface area contributed by atoms with Crippen LogP contribution in [-0.4, -0.2) is 15.7 Å². The highest BCUT2D eigenvalue weighted by Crippen LogP contribution is 2.29. The van der Waals surface area contributed by atoms with Gasteiger partial charge < -0.3 is 5.73 Å². The normalized spacial score (nSPS) is 16.8. The number of fused-ring (bicyclic) bond motifs is 1. The lowest BCUT2D eigenvalue weighted by Crippen LogP contribution is -2.16. The fourth-order valence-corrected chi connectivity index (χ4v) is 2.97. The van der Waals surface area contributed by atoms with E-state index in [9.17, 15) is 9.59 Å². The summed E-state index contributed by atoms with van der Waals surface area (Å²) in [7, 11) is 0. The molecule has 2 aromatic rings. The Balaban J connectivity index is 2.19. The third kappa shape index (κ3) is 1.95. The average molecular weight is 258 g/mol. The molecule has 0 saturated heterocycles. The lowest BCUT2D eigenvalue weighted by atomic mass is 9.95. The van der Waals surface area contributed by atoms with E-state index in [1.165, 1.54) is 19.3 Å². The van der Waals surface area contributed by atoms with Crippen LogP contribution in [0.2, 0.25) is 0 Å². The van der Waals surface area contributed by atoms with Crippen molar-refractivity contribution in [1.82, 2.24) is 9.78 Å². The molecule has 3 N–H and O–H groups in total. The van der Waals surface area contributed by atoms with E-state index in [1.54, 1.807) is 6.07 Å². The van der Waals surface area contributed by atoms with Gasteiger partial charge in [-0.05, 0) is 25.0 Å². The second-order valence-corrected chi connectivity index (χ2v) is 5.08. The van der Waals surface area contributed by atoms with Crippen molar-refractivity contribution in [2.24, 2.45) is 5.73 Å². The Morgan fingerprint density at radius 1 is 1.37 bits per heavy atom. The van der Waals surface area contributed by atoms with E-state index in [2.05, 4.69) is 11.2 Å². The standard InChI is InChI=1S/C14H16N3O2/c15-13(18)10-7-4-8-11-12(10)14(19)16-17(11)9-5-2-1-3-6-9/h4,8-9H,1-3,5-6H2,(H2,15,18)(H,16,19). The Bertz CT molecular complexity index is 678. The smallest absolute Gasteiger partial charge is 0.272 e. The molecule has 1 heterocycles. The molecule has 0 spiro atoms. The maximum Gasteiger partial charge on any atom is 0.272 e. The summed E-state index contributed by atoms with van der Waals surface area (Å²) in [5.74, 6) is -0.613. The van der Waals surface area contributed by atoms with Gasteiger partial charge in [0.05, 0.1) is 22.5 Å². The number of carbonyl (C=O) groups is 1. The number of nitrogens with two attached hydrogens (primary N) is 1. The summed E-state index contributed by atoms with van der Waals surface area (Å²) in [5, 5.41) is 3.21. The topological polar surface area (TPSA) is 80.9 Å². The number of primary amides is 1. The molecule has 1 fully saturated rings. The zero-order valence-electron chi connectivity index (χ0n) is 10.6. The van der Waals surface area contributed by atoms with Crippen LogP contribution in [0, 0.1) is 6.07 Å². The van der Waals surface area contributed by atoms with Crippen LogP contribution in [0.1, 0.15) is 48.5 Å². The number of hydrogen-bond acceptors (Lipinski definition) is 2. The van der Waals surface area contributed by atoms with E-state index in [0.29, 0.717) is 11.4 Å². The molecule has 5 heteroatoms. The average Bonchev–Trinajstić information content (AvgIpc) is 2.77. The summed E-state index contributed by atoms with van der Waals surface area (Å²) in [6, 6.07) is 6.53. The van der Waals surface area contributed by atoms with Crippen molar-refractivity contribution < 1.29 is 4.79 Å². The molecule has 1 aromatic carbocycles. The first kappa shape index (κ1) is 12.0. The fraction of sp³-hybridized carbons (Fsp3) is 0.429. The van der Waals surface area contributed by atoms with Crippen LogP contribution in [0.3, 0.4) is 0 Å². The largest absolute Gasteiger partial charge is 0.366 e. The highest BCUT2D eigenvalue weighted by atomic mass is 16.1. The summed E-state index contributed by atoms with van der Waals surface area (Å²) in [4.78, 5) is 23.4. The van der Waals surface area contributed by atoms with Gasteiger partial charge in [-0.3, -0.25) is 19.4 Å². The first-order chi connectivity index (χ1) is 9.18. The SMILES string of the molecule is NC(=O)c1[c]ccc2c1c(=O)[nH]n2C1CCCCC1. The number of nitrogens with zero attached hydrogens (tertiary/aromatic N) is 1. The Kier molecular flexibility index (Phi) is 2.89.